The van der Waals surface area contributed by atoms with Crippen LogP contribution in [0.2, 0.25) is 5.02 Å². The van der Waals surface area contributed by atoms with E-state index in [4.69, 9.17) is 21.3 Å². The van der Waals surface area contributed by atoms with Gasteiger partial charge in [-0.05, 0) is 61.9 Å². The van der Waals surface area contributed by atoms with Crippen LogP contribution in [-0.4, -0.2) is 27.1 Å². The zero-order valence-corrected chi connectivity index (χ0v) is 19.1. The molecule has 0 spiro atoms. The van der Waals surface area contributed by atoms with E-state index in [-0.39, 0.29) is 12.2 Å². The Hall–Kier alpha value is -3.22. The fourth-order valence-corrected chi connectivity index (χ4v) is 4.40. The molecule has 0 radical (unpaired) electrons. The van der Waals surface area contributed by atoms with Crippen molar-refractivity contribution in [3.8, 4) is 11.4 Å². The number of hydrogen-bond donors (Lipinski definition) is 1. The normalized spacial score (nSPS) is 16.7. The van der Waals surface area contributed by atoms with Crippen molar-refractivity contribution in [3.63, 3.8) is 0 Å². The van der Waals surface area contributed by atoms with Gasteiger partial charge in [0.2, 0.25) is 0 Å². The maximum atomic E-state index is 12.8. The van der Waals surface area contributed by atoms with Crippen LogP contribution in [0.3, 0.4) is 0 Å². The van der Waals surface area contributed by atoms with Crippen LogP contribution in [0.5, 0.6) is 5.75 Å². The van der Waals surface area contributed by atoms with Gasteiger partial charge in [0.15, 0.2) is 0 Å². The van der Waals surface area contributed by atoms with Gasteiger partial charge in [-0.15, -0.1) is 0 Å². The second-order valence-electron chi connectivity index (χ2n) is 8.43. The first-order chi connectivity index (χ1) is 16.1. The first kappa shape index (κ1) is 21.6. The highest BCUT2D eigenvalue weighted by Gasteiger charge is 2.23. The van der Waals surface area contributed by atoms with Crippen LogP contribution in [0.15, 0.2) is 71.8 Å². The molecule has 6 nitrogen and oxygen atoms in total. The molecule has 2 atom stereocenters. The van der Waals surface area contributed by atoms with Crippen LogP contribution in [0, 0.1) is 0 Å². The number of halogens is 1. The monoisotopic (exact) mass is 460 g/mol. The lowest BCUT2D eigenvalue weighted by Crippen LogP contribution is -2.27. The van der Waals surface area contributed by atoms with Crippen LogP contribution in [0.4, 0.5) is 0 Å². The van der Waals surface area contributed by atoms with Crippen molar-refractivity contribution in [3.05, 3.63) is 93.8 Å². The van der Waals surface area contributed by atoms with E-state index in [1.54, 1.807) is 35.2 Å². The second-order valence-corrected chi connectivity index (χ2v) is 8.87. The number of nitrogens with zero attached hydrogens (tertiary/aromatic N) is 3. The molecule has 7 heteroatoms. The van der Waals surface area contributed by atoms with Gasteiger partial charge >= 0.3 is 0 Å². The molecule has 0 bridgehead atoms. The van der Waals surface area contributed by atoms with Gasteiger partial charge in [-0.3, -0.25) is 19.3 Å². The summed E-state index contributed by atoms with van der Waals surface area (Å²) in [5.41, 5.74) is 3.40. The van der Waals surface area contributed by atoms with E-state index < -0.39 is 0 Å². The minimum absolute atomic E-state index is 0.165. The van der Waals surface area contributed by atoms with Gasteiger partial charge in [-0.2, -0.15) is 0 Å². The van der Waals surface area contributed by atoms with Gasteiger partial charge in [0.25, 0.3) is 5.56 Å². The average Bonchev–Trinajstić information content (AvgIpc) is 3.38. The van der Waals surface area contributed by atoms with Crippen molar-refractivity contribution >= 4 is 22.5 Å². The number of nitrogens with one attached hydrogen (secondary N) is 1. The largest absolute Gasteiger partial charge is 0.487 e. The molecule has 2 unspecified atom stereocenters. The molecule has 1 N–H and O–H groups in total. The Labute approximate surface area is 197 Å². The minimum Gasteiger partial charge on any atom is -0.487 e. The summed E-state index contributed by atoms with van der Waals surface area (Å²) < 4.78 is 7.32. The van der Waals surface area contributed by atoms with Crippen molar-refractivity contribution < 1.29 is 4.74 Å². The SMILES string of the molecule is CC(c1ccc2cc(-n3ccc(OCc4ccc(Cl)cn4)cc3=O)ccc2n1)C1CCCN1. The van der Waals surface area contributed by atoms with E-state index in [1.165, 1.54) is 18.9 Å². The highest BCUT2D eigenvalue weighted by atomic mass is 35.5. The molecule has 5 rings (SSSR count). The minimum atomic E-state index is -0.165. The third-order valence-corrected chi connectivity index (χ3v) is 6.43. The quantitative estimate of drug-likeness (QED) is 0.444. The predicted molar refractivity (Wildman–Crippen MR) is 130 cm³/mol. The Morgan fingerprint density at radius 1 is 1.18 bits per heavy atom. The Morgan fingerprint density at radius 2 is 2.09 bits per heavy atom. The maximum absolute atomic E-state index is 12.8. The summed E-state index contributed by atoms with van der Waals surface area (Å²) in [6.45, 7) is 3.58. The summed E-state index contributed by atoms with van der Waals surface area (Å²) in [5.74, 6) is 0.865. The molecule has 0 saturated carbocycles. The highest BCUT2D eigenvalue weighted by Crippen LogP contribution is 2.26. The molecule has 0 amide bonds. The van der Waals surface area contributed by atoms with Crippen LogP contribution in [-0.2, 0) is 6.61 Å². The number of hydrogen-bond acceptors (Lipinski definition) is 5. The lowest BCUT2D eigenvalue weighted by atomic mass is 9.96. The van der Waals surface area contributed by atoms with Crippen LogP contribution in [0.1, 0.15) is 37.1 Å². The molecule has 4 heterocycles. The average molecular weight is 461 g/mol. The molecule has 1 aliphatic heterocycles. The van der Waals surface area contributed by atoms with Gasteiger partial charge in [0.1, 0.15) is 12.4 Å². The van der Waals surface area contributed by atoms with Crippen molar-refractivity contribution in [1.29, 1.82) is 0 Å². The van der Waals surface area contributed by atoms with E-state index >= 15 is 0 Å². The molecule has 3 aromatic heterocycles. The number of rotatable bonds is 6. The van der Waals surface area contributed by atoms with Crippen molar-refractivity contribution in [2.75, 3.05) is 6.54 Å². The predicted octanol–water partition coefficient (Wildman–Crippen LogP) is 4.87. The molecule has 0 aliphatic carbocycles. The Morgan fingerprint density at radius 3 is 2.85 bits per heavy atom. The summed E-state index contributed by atoms with van der Waals surface area (Å²) in [6, 6.07) is 17.4. The molecule has 1 fully saturated rings. The fourth-order valence-electron chi connectivity index (χ4n) is 4.29. The van der Waals surface area contributed by atoms with Gasteiger partial charge in [0.05, 0.1) is 16.2 Å². The standard InChI is InChI=1S/C26H25ClN4O2/c1-17(23-3-2-11-28-23)24-8-4-18-13-21(7-9-25(18)30-24)31-12-10-22(14-26(31)32)33-16-20-6-5-19(27)15-29-20/h4-10,12-15,17,23,28H,2-3,11,16H2,1H3. The summed E-state index contributed by atoms with van der Waals surface area (Å²) in [6.07, 6.45) is 5.72. The van der Waals surface area contributed by atoms with Crippen LogP contribution >= 0.6 is 11.6 Å². The van der Waals surface area contributed by atoms with Gasteiger partial charge < -0.3 is 10.1 Å². The van der Waals surface area contributed by atoms with Crippen LogP contribution < -0.4 is 15.6 Å². The Kier molecular flexibility index (Phi) is 6.11. The van der Waals surface area contributed by atoms with E-state index in [2.05, 4.69) is 29.4 Å². The lowest BCUT2D eigenvalue weighted by molar-refractivity contribution is 0.300. The number of benzene rings is 1. The number of aromatic nitrogens is 3. The van der Waals surface area contributed by atoms with Crippen molar-refractivity contribution in [1.82, 2.24) is 19.9 Å². The first-order valence-electron chi connectivity index (χ1n) is 11.2. The number of ether oxygens (including phenoxy) is 1. The van der Waals surface area contributed by atoms with Gasteiger partial charge in [-0.25, -0.2) is 0 Å². The summed E-state index contributed by atoms with van der Waals surface area (Å²) in [4.78, 5) is 21.8. The molecule has 168 valence electrons. The Balaban J connectivity index is 1.34. The molecular formula is C26H25ClN4O2. The van der Waals surface area contributed by atoms with E-state index in [0.29, 0.717) is 22.7 Å². The summed E-state index contributed by atoms with van der Waals surface area (Å²) in [7, 11) is 0. The molecule has 1 saturated heterocycles. The number of fused-ring (bicyclic) bond motifs is 1. The molecule has 1 aromatic carbocycles. The molecule has 1 aliphatic rings. The zero-order chi connectivity index (χ0) is 22.8. The molecule has 4 aromatic rings. The van der Waals surface area contributed by atoms with Crippen molar-refractivity contribution in [2.45, 2.75) is 38.3 Å². The van der Waals surface area contributed by atoms with E-state index in [0.717, 1.165) is 34.5 Å². The number of pyridine rings is 3. The summed E-state index contributed by atoms with van der Waals surface area (Å²) >= 11 is 5.86. The third kappa shape index (κ3) is 4.77. The molecule has 33 heavy (non-hydrogen) atoms. The third-order valence-electron chi connectivity index (χ3n) is 6.21. The van der Waals surface area contributed by atoms with E-state index in [9.17, 15) is 4.79 Å². The maximum Gasteiger partial charge on any atom is 0.258 e. The zero-order valence-electron chi connectivity index (χ0n) is 18.4. The topological polar surface area (TPSA) is 69.0 Å². The van der Waals surface area contributed by atoms with Crippen molar-refractivity contribution in [2.24, 2.45) is 0 Å². The van der Waals surface area contributed by atoms with Gasteiger partial charge in [-0.1, -0.05) is 24.6 Å². The lowest BCUT2D eigenvalue weighted by Gasteiger charge is -2.19. The highest BCUT2D eigenvalue weighted by molar-refractivity contribution is 6.30. The second kappa shape index (κ2) is 9.33. The summed E-state index contributed by atoms with van der Waals surface area (Å²) in [5, 5.41) is 5.14. The fraction of sp³-hybridized carbons (Fsp3) is 0.269. The Bertz CT molecular complexity index is 1330. The molecular weight excluding hydrogens is 436 g/mol. The van der Waals surface area contributed by atoms with Crippen LogP contribution in [0.25, 0.3) is 16.6 Å². The smallest absolute Gasteiger partial charge is 0.258 e. The first-order valence-corrected chi connectivity index (χ1v) is 11.5. The van der Waals surface area contributed by atoms with Gasteiger partial charge in [0, 0.05) is 47.2 Å². The van der Waals surface area contributed by atoms with E-state index in [1.807, 2.05) is 18.2 Å².